The van der Waals surface area contributed by atoms with Crippen molar-refractivity contribution in [1.29, 1.82) is 5.26 Å². The second kappa shape index (κ2) is 6.33. The zero-order valence-electron chi connectivity index (χ0n) is 14.9. The van der Waals surface area contributed by atoms with E-state index in [1.807, 2.05) is 30.3 Å². The minimum absolute atomic E-state index is 0.415. The first-order valence-corrected chi connectivity index (χ1v) is 10.1. The Balaban J connectivity index is 1.88. The van der Waals surface area contributed by atoms with Gasteiger partial charge in [0.15, 0.2) is 5.52 Å². The van der Waals surface area contributed by atoms with Crippen LogP contribution in [-0.4, -0.2) is 4.98 Å². The van der Waals surface area contributed by atoms with Crippen molar-refractivity contribution < 1.29 is 4.98 Å². The van der Waals surface area contributed by atoms with E-state index in [4.69, 9.17) is 10.7 Å². The molecule has 3 N–H and O–H groups in total. The van der Waals surface area contributed by atoms with E-state index in [1.54, 1.807) is 11.3 Å². The molecule has 5 heteroatoms. The molecule has 0 spiro atoms. The molecule has 5 rings (SSSR count). The minimum Gasteiger partial charge on any atom is -0.286 e. The molecule has 0 fully saturated rings. The number of thiophene rings is 1. The number of hydrogen-bond donors (Lipinski definition) is 1. The van der Waals surface area contributed by atoms with Gasteiger partial charge < -0.3 is 0 Å². The number of aromatic nitrogens is 2. The number of nitriles is 1. The highest BCUT2D eigenvalue weighted by Gasteiger charge is 2.23. The summed E-state index contributed by atoms with van der Waals surface area (Å²) in [4.78, 5) is 9.32. The maximum atomic E-state index is 9.74. The lowest BCUT2D eigenvalue weighted by Crippen LogP contribution is -2.14. The molecular formula is C22H19N4S+. The van der Waals surface area contributed by atoms with E-state index in [1.165, 1.54) is 30.5 Å². The quantitative estimate of drug-likeness (QED) is 0.495. The number of aryl methyl sites for hydroxylation is 2. The summed E-state index contributed by atoms with van der Waals surface area (Å²) in [6.45, 7) is 0. The molecular weight excluding hydrogens is 352 g/mol. The molecule has 0 aliphatic heterocycles. The van der Waals surface area contributed by atoms with Crippen molar-refractivity contribution in [2.75, 3.05) is 5.73 Å². The number of benzene rings is 1. The average molecular weight is 371 g/mol. The predicted octanol–water partition coefficient (Wildman–Crippen LogP) is 4.65. The highest BCUT2D eigenvalue weighted by Crippen LogP contribution is 2.41. The van der Waals surface area contributed by atoms with E-state index in [9.17, 15) is 5.26 Å². The Kier molecular flexibility index (Phi) is 3.80. The van der Waals surface area contributed by atoms with Gasteiger partial charge in [-0.25, -0.2) is 9.97 Å². The Labute approximate surface area is 161 Å². The lowest BCUT2D eigenvalue weighted by molar-refractivity contribution is -0.325. The van der Waals surface area contributed by atoms with Crippen molar-refractivity contribution >= 4 is 37.6 Å². The summed E-state index contributed by atoms with van der Waals surface area (Å²) < 4.78 is 1.05. The van der Waals surface area contributed by atoms with Crippen LogP contribution in [0.4, 0.5) is 5.82 Å². The Hall–Kier alpha value is -2.97. The molecule has 1 aliphatic rings. The summed E-state index contributed by atoms with van der Waals surface area (Å²) in [6.07, 6.45) is 5.85. The smallest absolute Gasteiger partial charge is 0.286 e. The van der Waals surface area contributed by atoms with Crippen LogP contribution in [0.5, 0.6) is 0 Å². The van der Waals surface area contributed by atoms with Crippen molar-refractivity contribution in [2.24, 2.45) is 0 Å². The summed E-state index contributed by atoms with van der Waals surface area (Å²) in [5.41, 5.74) is 12.3. The summed E-state index contributed by atoms with van der Waals surface area (Å²) in [6, 6.07) is 14.6. The third kappa shape index (κ3) is 2.56. The van der Waals surface area contributed by atoms with Crippen LogP contribution in [0.25, 0.3) is 31.6 Å². The normalized spacial score (nSPS) is 14.0. The van der Waals surface area contributed by atoms with Gasteiger partial charge in [0.1, 0.15) is 16.5 Å². The summed E-state index contributed by atoms with van der Waals surface area (Å²) >= 11 is 1.65. The molecule has 132 valence electrons. The van der Waals surface area contributed by atoms with Crippen molar-refractivity contribution in [3.63, 3.8) is 0 Å². The lowest BCUT2D eigenvalue weighted by atomic mass is 10.00. The van der Waals surface area contributed by atoms with Gasteiger partial charge in [0, 0.05) is 11.3 Å². The molecule has 0 amide bonds. The van der Waals surface area contributed by atoms with Crippen LogP contribution in [0.3, 0.4) is 0 Å². The Bertz CT molecular complexity index is 1220. The second-order valence-corrected chi connectivity index (χ2v) is 8.08. The van der Waals surface area contributed by atoms with Gasteiger partial charge in [0.25, 0.3) is 5.82 Å². The molecule has 27 heavy (non-hydrogen) atoms. The molecule has 1 aliphatic carbocycles. The molecule has 4 nitrogen and oxygen atoms in total. The number of nitrogen functional groups attached to an aromatic ring is 1. The fraction of sp³-hybridized carbons (Fsp3) is 0.227. The van der Waals surface area contributed by atoms with Gasteiger partial charge in [-0.05, 0) is 42.9 Å². The van der Waals surface area contributed by atoms with Gasteiger partial charge in [-0.15, -0.1) is 11.3 Å². The maximum absolute atomic E-state index is 9.74. The van der Waals surface area contributed by atoms with E-state index in [0.29, 0.717) is 11.4 Å². The summed E-state index contributed by atoms with van der Waals surface area (Å²) in [7, 11) is 0. The number of nitrogens with zero attached hydrogens (tertiary/aromatic N) is 2. The first kappa shape index (κ1) is 16.2. The van der Waals surface area contributed by atoms with Crippen molar-refractivity contribution in [3.05, 3.63) is 53.2 Å². The van der Waals surface area contributed by atoms with Crippen LogP contribution in [0, 0.1) is 11.3 Å². The molecule has 0 saturated heterocycles. The molecule has 0 bridgehead atoms. The first-order chi connectivity index (χ1) is 13.3. The van der Waals surface area contributed by atoms with Crippen LogP contribution in [0.15, 0.2) is 36.4 Å². The zero-order chi connectivity index (χ0) is 18.4. The largest absolute Gasteiger partial charge is 0.289 e. The standard InChI is InChI=1S/C22H18N4S/c23-12-16-18(13-7-3-1-4-8-13)20-19(26-21(16)24)15-11-14-9-5-2-6-10-17(14)25-22(15)27-20/h1,3-4,7-8,11H,2,5-6,9-10H2,(H2,24,26)/p+1. The third-order valence-electron chi connectivity index (χ3n) is 5.39. The fourth-order valence-electron chi connectivity index (χ4n) is 4.06. The molecule has 1 aromatic carbocycles. The van der Waals surface area contributed by atoms with Crippen LogP contribution in [0.1, 0.15) is 36.1 Å². The van der Waals surface area contributed by atoms with Crippen LogP contribution in [0.2, 0.25) is 0 Å². The van der Waals surface area contributed by atoms with Gasteiger partial charge in [-0.3, -0.25) is 5.73 Å². The maximum Gasteiger partial charge on any atom is 0.289 e. The number of pyridine rings is 2. The molecule has 4 aromatic rings. The average Bonchev–Trinajstić information content (AvgIpc) is 2.87. The van der Waals surface area contributed by atoms with Gasteiger partial charge in [0.05, 0.1) is 10.1 Å². The SMILES string of the molecule is N#Cc1c(N)[nH+]c2c(sc3nc4c(cc32)CCCCC4)c1-c1ccccc1. The van der Waals surface area contributed by atoms with Gasteiger partial charge >= 0.3 is 0 Å². The Morgan fingerprint density at radius 1 is 1.11 bits per heavy atom. The van der Waals surface area contributed by atoms with Gasteiger partial charge in [0.2, 0.25) is 0 Å². The van der Waals surface area contributed by atoms with Crippen molar-refractivity contribution in [1.82, 2.24) is 4.98 Å². The number of nitrogens with two attached hydrogens (primary N) is 1. The predicted molar refractivity (Wildman–Crippen MR) is 110 cm³/mol. The number of anilines is 1. The van der Waals surface area contributed by atoms with Crippen LogP contribution >= 0.6 is 11.3 Å². The lowest BCUT2D eigenvalue weighted by Gasteiger charge is -2.05. The van der Waals surface area contributed by atoms with E-state index in [0.717, 1.165) is 44.4 Å². The summed E-state index contributed by atoms with van der Waals surface area (Å²) in [5, 5.41) is 10.9. The Morgan fingerprint density at radius 3 is 2.74 bits per heavy atom. The van der Waals surface area contributed by atoms with Crippen LogP contribution in [-0.2, 0) is 12.8 Å². The molecule has 3 aromatic heterocycles. The van der Waals surface area contributed by atoms with Crippen LogP contribution < -0.4 is 10.7 Å². The number of nitrogens with one attached hydrogen (secondary N) is 1. The zero-order valence-corrected chi connectivity index (χ0v) is 15.7. The number of H-pyrrole nitrogens is 1. The van der Waals surface area contributed by atoms with Gasteiger partial charge in [-0.2, -0.15) is 5.26 Å². The van der Waals surface area contributed by atoms with E-state index >= 15 is 0 Å². The fourth-order valence-corrected chi connectivity index (χ4v) is 5.27. The molecule has 0 radical (unpaired) electrons. The molecule has 0 saturated carbocycles. The molecule has 0 atom stereocenters. The van der Waals surface area contributed by atoms with Crippen molar-refractivity contribution in [2.45, 2.75) is 32.1 Å². The molecule has 0 unspecified atom stereocenters. The van der Waals surface area contributed by atoms with Crippen molar-refractivity contribution in [3.8, 4) is 17.2 Å². The summed E-state index contributed by atoms with van der Waals surface area (Å²) in [5.74, 6) is 0.415. The highest BCUT2D eigenvalue weighted by atomic mass is 32.1. The Morgan fingerprint density at radius 2 is 1.93 bits per heavy atom. The minimum atomic E-state index is 0.415. The van der Waals surface area contributed by atoms with E-state index in [-0.39, 0.29) is 0 Å². The number of fused-ring (bicyclic) bond motifs is 4. The third-order valence-corrected chi connectivity index (χ3v) is 6.51. The monoisotopic (exact) mass is 371 g/mol. The van der Waals surface area contributed by atoms with Gasteiger partial charge in [-0.1, -0.05) is 36.8 Å². The van der Waals surface area contributed by atoms with E-state index in [2.05, 4.69) is 17.1 Å². The molecule has 3 heterocycles. The highest BCUT2D eigenvalue weighted by molar-refractivity contribution is 7.25. The topological polar surface area (TPSA) is 76.8 Å². The number of aromatic amines is 1. The second-order valence-electron chi connectivity index (χ2n) is 7.08. The van der Waals surface area contributed by atoms with E-state index < -0.39 is 0 Å². The number of hydrogen-bond acceptors (Lipinski definition) is 4. The first-order valence-electron chi connectivity index (χ1n) is 9.31. The number of rotatable bonds is 1.